The second-order valence-electron chi connectivity index (χ2n) is 4.09. The molecule has 2 N–H and O–H groups in total. The summed E-state index contributed by atoms with van der Waals surface area (Å²) in [5.74, 6) is -0.502. The zero-order valence-electron chi connectivity index (χ0n) is 9.24. The SMILES string of the molecule is Nc1ccc(Cl)c2c1C(=O)c1ccccc1C2=O. The molecule has 0 atom stereocenters. The number of nitrogens with two attached hydrogens (primary N) is 1. The van der Waals surface area contributed by atoms with Gasteiger partial charge in [-0.15, -0.1) is 0 Å². The number of rotatable bonds is 0. The third-order valence-corrected chi connectivity index (χ3v) is 3.37. The zero-order valence-corrected chi connectivity index (χ0v) is 9.99. The van der Waals surface area contributed by atoms with Crippen LogP contribution in [0.1, 0.15) is 31.8 Å². The van der Waals surface area contributed by atoms with Gasteiger partial charge in [-0.2, -0.15) is 0 Å². The van der Waals surface area contributed by atoms with Crippen LogP contribution in [0.4, 0.5) is 5.69 Å². The maximum absolute atomic E-state index is 12.3. The molecule has 0 saturated carbocycles. The zero-order chi connectivity index (χ0) is 12.9. The molecule has 0 heterocycles. The molecule has 18 heavy (non-hydrogen) atoms. The summed E-state index contributed by atoms with van der Waals surface area (Å²) in [6.45, 7) is 0. The van der Waals surface area contributed by atoms with Gasteiger partial charge >= 0.3 is 0 Å². The van der Waals surface area contributed by atoms with E-state index >= 15 is 0 Å². The Kier molecular flexibility index (Phi) is 2.25. The molecule has 2 aromatic carbocycles. The first-order valence-electron chi connectivity index (χ1n) is 5.37. The van der Waals surface area contributed by atoms with Crippen LogP contribution >= 0.6 is 11.6 Å². The van der Waals surface area contributed by atoms with Gasteiger partial charge in [0.25, 0.3) is 0 Å². The number of carbonyl (C=O) groups excluding carboxylic acids is 2. The highest BCUT2D eigenvalue weighted by atomic mass is 35.5. The standard InChI is InChI=1S/C14H8ClNO2/c15-9-5-6-10(16)12-11(9)13(17)7-3-1-2-4-8(7)14(12)18/h1-6H,16H2. The molecular weight excluding hydrogens is 250 g/mol. The van der Waals surface area contributed by atoms with Gasteiger partial charge in [-0.05, 0) is 12.1 Å². The Balaban J connectivity index is 2.41. The molecule has 0 spiro atoms. The lowest BCUT2D eigenvalue weighted by molar-refractivity contribution is 0.0980. The van der Waals surface area contributed by atoms with E-state index in [-0.39, 0.29) is 33.4 Å². The number of carbonyl (C=O) groups is 2. The van der Waals surface area contributed by atoms with Crippen LogP contribution in [0.3, 0.4) is 0 Å². The molecule has 3 rings (SSSR count). The first kappa shape index (κ1) is 11.0. The summed E-state index contributed by atoms with van der Waals surface area (Å²) in [5, 5.41) is 0.257. The van der Waals surface area contributed by atoms with Crippen molar-refractivity contribution >= 4 is 28.9 Å². The number of anilines is 1. The van der Waals surface area contributed by atoms with Gasteiger partial charge in [0.1, 0.15) is 0 Å². The maximum atomic E-state index is 12.3. The highest BCUT2D eigenvalue weighted by Crippen LogP contribution is 2.34. The summed E-state index contributed by atoms with van der Waals surface area (Å²) >= 11 is 6.01. The smallest absolute Gasteiger partial charge is 0.196 e. The van der Waals surface area contributed by atoms with Gasteiger partial charge in [0.2, 0.25) is 0 Å². The van der Waals surface area contributed by atoms with E-state index in [0.29, 0.717) is 11.1 Å². The fourth-order valence-corrected chi connectivity index (χ4v) is 2.45. The van der Waals surface area contributed by atoms with Crippen LogP contribution < -0.4 is 5.73 Å². The Hall–Kier alpha value is -2.13. The van der Waals surface area contributed by atoms with E-state index in [2.05, 4.69) is 0 Å². The number of nitrogen functional groups attached to an aromatic ring is 1. The predicted octanol–water partition coefficient (Wildman–Crippen LogP) is 2.70. The lowest BCUT2D eigenvalue weighted by Crippen LogP contribution is -2.22. The van der Waals surface area contributed by atoms with Crippen molar-refractivity contribution in [2.75, 3.05) is 5.73 Å². The Morgan fingerprint density at radius 1 is 0.833 bits per heavy atom. The van der Waals surface area contributed by atoms with Gasteiger partial charge < -0.3 is 5.73 Å². The minimum Gasteiger partial charge on any atom is -0.398 e. The van der Waals surface area contributed by atoms with Crippen molar-refractivity contribution in [1.82, 2.24) is 0 Å². The molecule has 0 radical (unpaired) electrons. The summed E-state index contributed by atoms with van der Waals surface area (Å²) < 4.78 is 0. The number of ketones is 2. The highest BCUT2D eigenvalue weighted by molar-refractivity contribution is 6.39. The van der Waals surface area contributed by atoms with Gasteiger partial charge in [-0.25, -0.2) is 0 Å². The molecule has 3 nitrogen and oxygen atoms in total. The third-order valence-electron chi connectivity index (χ3n) is 3.06. The fraction of sp³-hybridized carbons (Fsp3) is 0. The van der Waals surface area contributed by atoms with Crippen molar-refractivity contribution in [3.8, 4) is 0 Å². The van der Waals surface area contributed by atoms with Crippen LogP contribution in [-0.2, 0) is 0 Å². The quantitative estimate of drug-likeness (QED) is 0.630. The van der Waals surface area contributed by atoms with Crippen LogP contribution in [0.2, 0.25) is 5.02 Å². The number of hydrogen-bond donors (Lipinski definition) is 1. The van der Waals surface area contributed by atoms with E-state index in [0.717, 1.165) is 0 Å². The second-order valence-corrected chi connectivity index (χ2v) is 4.50. The molecule has 1 aliphatic carbocycles. The molecule has 0 aliphatic heterocycles. The van der Waals surface area contributed by atoms with Crippen molar-refractivity contribution in [2.24, 2.45) is 0 Å². The molecule has 0 unspecified atom stereocenters. The molecule has 0 fully saturated rings. The summed E-state index contributed by atoms with van der Waals surface area (Å²) in [6.07, 6.45) is 0. The fourth-order valence-electron chi connectivity index (χ4n) is 2.21. The average molecular weight is 258 g/mol. The Morgan fingerprint density at radius 2 is 1.39 bits per heavy atom. The number of halogens is 1. The van der Waals surface area contributed by atoms with Gasteiger partial charge in [0.05, 0.1) is 16.1 Å². The third kappa shape index (κ3) is 1.31. The van der Waals surface area contributed by atoms with Crippen LogP contribution in [0.15, 0.2) is 36.4 Å². The molecule has 0 bridgehead atoms. The molecule has 0 saturated heterocycles. The number of benzene rings is 2. The molecule has 2 aromatic rings. The Labute approximate surface area is 108 Å². The number of fused-ring (bicyclic) bond motifs is 2. The van der Waals surface area contributed by atoms with Crippen molar-refractivity contribution in [3.63, 3.8) is 0 Å². The summed E-state index contributed by atoms with van der Waals surface area (Å²) in [4.78, 5) is 24.7. The molecular formula is C14H8ClNO2. The van der Waals surface area contributed by atoms with Crippen LogP contribution in [0.5, 0.6) is 0 Å². The van der Waals surface area contributed by atoms with Gasteiger partial charge in [-0.1, -0.05) is 35.9 Å². The summed E-state index contributed by atoms with van der Waals surface area (Å²) in [7, 11) is 0. The monoisotopic (exact) mass is 257 g/mol. The van der Waals surface area contributed by atoms with Crippen molar-refractivity contribution < 1.29 is 9.59 Å². The predicted molar refractivity (Wildman–Crippen MR) is 69.2 cm³/mol. The minimum absolute atomic E-state index is 0.209. The topological polar surface area (TPSA) is 60.2 Å². The summed E-state index contributed by atoms with van der Waals surface area (Å²) in [5.41, 5.74) is 7.25. The lowest BCUT2D eigenvalue weighted by atomic mass is 9.83. The second kappa shape index (κ2) is 3.68. The van der Waals surface area contributed by atoms with Gasteiger partial charge in [0.15, 0.2) is 11.6 Å². The molecule has 0 amide bonds. The molecule has 4 heteroatoms. The molecule has 88 valence electrons. The first-order valence-corrected chi connectivity index (χ1v) is 5.75. The van der Waals surface area contributed by atoms with E-state index < -0.39 is 0 Å². The van der Waals surface area contributed by atoms with Crippen molar-refractivity contribution in [2.45, 2.75) is 0 Å². The van der Waals surface area contributed by atoms with Crippen LogP contribution in [0.25, 0.3) is 0 Å². The Morgan fingerprint density at radius 3 is 2.00 bits per heavy atom. The van der Waals surface area contributed by atoms with Crippen LogP contribution in [-0.4, -0.2) is 11.6 Å². The minimum atomic E-state index is -0.252. The number of hydrogen-bond acceptors (Lipinski definition) is 3. The van der Waals surface area contributed by atoms with Gasteiger partial charge in [-0.3, -0.25) is 9.59 Å². The lowest BCUT2D eigenvalue weighted by Gasteiger charge is -2.19. The Bertz CT molecular complexity index is 647. The van der Waals surface area contributed by atoms with E-state index in [1.54, 1.807) is 30.3 Å². The highest BCUT2D eigenvalue weighted by Gasteiger charge is 2.32. The molecule has 1 aliphatic rings. The average Bonchev–Trinajstić information content (AvgIpc) is 2.38. The van der Waals surface area contributed by atoms with E-state index in [1.165, 1.54) is 6.07 Å². The summed E-state index contributed by atoms with van der Waals surface area (Å²) in [6, 6.07) is 9.76. The van der Waals surface area contributed by atoms with Gasteiger partial charge in [0, 0.05) is 16.8 Å². The molecule has 0 aromatic heterocycles. The van der Waals surface area contributed by atoms with Crippen molar-refractivity contribution in [1.29, 1.82) is 0 Å². The van der Waals surface area contributed by atoms with Crippen molar-refractivity contribution in [3.05, 3.63) is 63.7 Å². The largest absolute Gasteiger partial charge is 0.398 e. The first-order chi connectivity index (χ1) is 8.61. The van der Waals surface area contributed by atoms with Crippen LogP contribution in [0, 0.1) is 0 Å². The van der Waals surface area contributed by atoms with E-state index in [4.69, 9.17) is 17.3 Å². The maximum Gasteiger partial charge on any atom is 0.196 e. The van der Waals surface area contributed by atoms with E-state index in [1.807, 2.05) is 0 Å². The van der Waals surface area contributed by atoms with E-state index in [9.17, 15) is 9.59 Å². The normalized spacial score (nSPS) is 13.2.